The molecule has 4 aliphatic rings. The first-order chi connectivity index (χ1) is 58.1. The lowest BCUT2D eigenvalue weighted by Gasteiger charge is -2.32. The Morgan fingerprint density at radius 1 is 0.413 bits per heavy atom. The number of nitrogens with one attached hydrogen (secondary N) is 5. The quantitative estimate of drug-likeness (QED) is 0.0519. The molecule has 15 aromatic rings. The number of H-pyrrole nitrogens is 1. The van der Waals surface area contributed by atoms with E-state index in [-0.39, 0.29) is 51.3 Å². The minimum absolute atomic E-state index is 0.116. The summed E-state index contributed by atoms with van der Waals surface area (Å²) >= 11 is 25.3. The highest BCUT2D eigenvalue weighted by atomic mass is 35.5. The highest BCUT2D eigenvalue weighted by Gasteiger charge is 2.36. The van der Waals surface area contributed by atoms with Crippen LogP contribution in [0.25, 0.3) is 72.1 Å². The lowest BCUT2D eigenvalue weighted by atomic mass is 10.1. The summed E-state index contributed by atoms with van der Waals surface area (Å²) < 4.78 is 101. The van der Waals surface area contributed by atoms with Gasteiger partial charge in [-0.2, -0.15) is 5.10 Å². The Bertz CT molecular complexity index is 7150. The molecule has 4 saturated heterocycles. The summed E-state index contributed by atoms with van der Waals surface area (Å²) in [6, 6.07) is 67.5. The van der Waals surface area contributed by atoms with Gasteiger partial charge in [-0.1, -0.05) is 82.8 Å². The van der Waals surface area contributed by atoms with Gasteiger partial charge in [0.05, 0.1) is 122 Å². The molecule has 0 spiro atoms. The number of aromatic nitrogens is 7. The van der Waals surface area contributed by atoms with Crippen molar-refractivity contribution in [3.05, 3.63) is 304 Å². The maximum atomic E-state index is 12.8. The molecule has 28 nitrogen and oxygen atoms in total. The summed E-state index contributed by atoms with van der Waals surface area (Å²) in [6.07, 6.45) is 6.79. The van der Waals surface area contributed by atoms with E-state index in [1.165, 1.54) is 35.7 Å². The van der Waals surface area contributed by atoms with Crippen molar-refractivity contribution in [2.45, 2.75) is 0 Å². The molecule has 121 heavy (non-hydrogen) atoms. The number of para-hydroxylation sites is 2. The van der Waals surface area contributed by atoms with E-state index in [1.54, 1.807) is 156 Å². The van der Waals surface area contributed by atoms with E-state index in [4.69, 9.17) is 52.1 Å². The maximum absolute atomic E-state index is 12.8. The smallest absolute Gasteiger partial charge is 0.257 e. The van der Waals surface area contributed by atoms with E-state index >= 15 is 0 Å². The lowest BCUT2D eigenvalue weighted by Crippen LogP contribution is -2.47. The minimum atomic E-state index is -3.25. The largest absolute Gasteiger partial charge is 0.398 e. The number of benzene rings is 10. The number of amides is 4. The van der Waals surface area contributed by atoms with Crippen LogP contribution in [0, 0.1) is 0 Å². The first kappa shape index (κ1) is 81.7. The Kier molecular flexibility index (Phi) is 22.7. The van der Waals surface area contributed by atoms with Crippen molar-refractivity contribution >= 4 is 200 Å². The fraction of sp³-hybridized carbons (Fsp3) is 0.0941. The van der Waals surface area contributed by atoms with Crippen LogP contribution in [0.3, 0.4) is 0 Å². The van der Waals surface area contributed by atoms with Crippen LogP contribution < -0.4 is 44.2 Å². The van der Waals surface area contributed by atoms with Gasteiger partial charge in [-0.05, 0) is 200 Å². The molecule has 4 aliphatic heterocycles. The molecule has 7 N–H and O–H groups in total. The van der Waals surface area contributed by atoms with Gasteiger partial charge in [0, 0.05) is 111 Å². The Labute approximate surface area is 712 Å². The van der Waals surface area contributed by atoms with E-state index in [1.807, 2.05) is 91.3 Å². The molecule has 0 atom stereocenters. The zero-order valence-electron chi connectivity index (χ0n) is 63.1. The molecule has 0 bridgehead atoms. The third-order valence-corrected chi connectivity index (χ3v) is 28.5. The zero-order valence-corrected chi connectivity index (χ0v) is 69.4. The van der Waals surface area contributed by atoms with Crippen molar-refractivity contribution in [2.24, 2.45) is 0 Å². The Hall–Kier alpha value is -13.1. The second kappa shape index (κ2) is 33.6. The van der Waals surface area contributed by atoms with E-state index in [9.17, 15) is 52.8 Å². The van der Waals surface area contributed by atoms with Crippen molar-refractivity contribution in [3.63, 3.8) is 0 Å². The number of rotatable bonds is 15. The standard InChI is InChI=1S/C23H17ClN4O3S.C22H17ClN4O3S.C21H16ClN5O3S.C19H16ClN3O3S/c24-19-10-7-16(13-18(19)22-14-25-20-3-1-2-4-21(20)27-22)26-23(29)15-5-8-17(9-6-15)28-11-12-32(28,30)31;23-18-6-3-15(13-17(18)19-7-8-20-21(26-19)9-10-24-20)25-22(28)14-1-4-16(5-2-14)27-11-12-31(27,29)30;22-18-12-16(27-9-10-31(27,29)30)6-7-17(18)21(28)25-15-4-1-3-14(11-15)20-19-5-2-8-26(19)24-13-23-20;20-15-8-9-17(14-2-1-3-16(21)18(14)15)22-19(24)12-4-6-13(7-5-12)23-10-11-27(23,25)26/h1-10,13-14H,11-12H2,(H,26,29);1-10,13,24H,11-12H2,(H,25,28);1-8,11-13H,9-10H2,(H,25,28);1-9H,10-11,21H2,(H,22,24). The third-order valence-electron chi connectivity index (χ3n) is 20.1. The number of fused-ring (bicyclic) bond motifs is 4. The number of hydrogen-bond donors (Lipinski definition) is 6. The van der Waals surface area contributed by atoms with Crippen LogP contribution >= 0.6 is 46.4 Å². The first-order valence-electron chi connectivity index (χ1n) is 37.1. The molecule has 0 aliphatic carbocycles. The van der Waals surface area contributed by atoms with Crippen LogP contribution in [0.1, 0.15) is 41.4 Å². The summed E-state index contributed by atoms with van der Waals surface area (Å²) in [6.45, 7) is 1.80. The second-order valence-corrected chi connectivity index (χ2v) is 37.5. The Morgan fingerprint density at radius 3 is 1.47 bits per heavy atom. The number of aromatic amines is 1. The molecule has 0 saturated carbocycles. The summed E-state index contributed by atoms with van der Waals surface area (Å²) in [5, 5.41) is 18.7. The van der Waals surface area contributed by atoms with Crippen LogP contribution in [0.15, 0.2) is 262 Å². The number of hydrogen-bond acceptors (Lipinski definition) is 18. The average Bonchev–Trinajstić information content (AvgIpc) is 1.72. The third kappa shape index (κ3) is 17.4. The van der Waals surface area contributed by atoms with Gasteiger partial charge in [-0.15, -0.1) is 0 Å². The van der Waals surface area contributed by atoms with Gasteiger partial charge in [0.15, 0.2) is 0 Å². The SMILES string of the molecule is Nc1cccc2c(NC(=O)c3ccc(N4CCS4(=O)=O)cc3)ccc(Cl)c12.O=C(Nc1ccc(Cl)c(-c2ccc3[nH]ccc3n2)c1)c1ccc(N2CCS2(=O)=O)cc1.O=C(Nc1ccc(Cl)c(-c2cnc3ccccc3n2)c1)c1ccc(N2CCS2(=O)=O)cc1.O=C(Nc1cccc(-c2ncnn3cccc23)c1)c1ccc(N2CCS2(=O)=O)cc1Cl. The molecular formula is C85H66Cl4N16O12S4. The number of nitrogen functional groups attached to an aromatic ring is 1. The van der Waals surface area contributed by atoms with Crippen molar-refractivity contribution in [3.8, 4) is 33.8 Å². The van der Waals surface area contributed by atoms with Crippen molar-refractivity contribution < 1.29 is 52.8 Å². The molecule has 0 unspecified atom stereocenters. The number of nitrogens with two attached hydrogens (primary N) is 1. The van der Waals surface area contributed by atoms with E-state index in [2.05, 4.69) is 51.3 Å². The van der Waals surface area contributed by atoms with Gasteiger partial charge in [-0.3, -0.25) is 41.4 Å². The van der Waals surface area contributed by atoms with Gasteiger partial charge in [0.25, 0.3) is 23.6 Å². The van der Waals surface area contributed by atoms with Crippen molar-refractivity contribution in [2.75, 3.05) is 93.4 Å². The summed E-state index contributed by atoms with van der Waals surface area (Å²) in [5.41, 5.74) is 20.9. The highest BCUT2D eigenvalue weighted by Crippen LogP contribution is 2.38. The molecule has 0 radical (unpaired) electrons. The Morgan fingerprint density at radius 2 is 0.917 bits per heavy atom. The number of anilines is 9. The predicted molar refractivity (Wildman–Crippen MR) is 475 cm³/mol. The molecule has 4 amide bonds. The van der Waals surface area contributed by atoms with Gasteiger partial charge in [0.1, 0.15) is 6.33 Å². The van der Waals surface area contributed by atoms with Crippen LogP contribution in [0.2, 0.25) is 20.1 Å². The maximum Gasteiger partial charge on any atom is 0.257 e. The first-order valence-corrected chi connectivity index (χ1v) is 45.0. The minimum Gasteiger partial charge on any atom is -0.398 e. The van der Waals surface area contributed by atoms with E-state index in [0.29, 0.717) is 137 Å². The summed E-state index contributed by atoms with van der Waals surface area (Å²) in [5.74, 6) is -0.751. The summed E-state index contributed by atoms with van der Waals surface area (Å²) in [4.78, 5) is 71.9. The van der Waals surface area contributed by atoms with Crippen molar-refractivity contribution in [1.82, 2.24) is 34.5 Å². The number of carbonyl (C=O) groups is 4. The van der Waals surface area contributed by atoms with E-state index < -0.39 is 46.0 Å². The molecule has 9 heterocycles. The monoisotopic (exact) mass is 1770 g/mol. The fourth-order valence-electron chi connectivity index (χ4n) is 13.6. The molecular weight excluding hydrogens is 1710 g/mol. The number of pyridine rings is 1. The van der Waals surface area contributed by atoms with Crippen molar-refractivity contribution in [1.29, 1.82) is 0 Å². The zero-order chi connectivity index (χ0) is 84.7. The van der Waals surface area contributed by atoms with Crippen LogP contribution in [0.4, 0.5) is 51.2 Å². The number of nitrogens with zero attached hydrogens (tertiary/aromatic N) is 10. The fourth-order valence-corrected chi connectivity index (χ4v) is 18.9. The average molecular weight is 1770 g/mol. The second-order valence-electron chi connectivity index (χ2n) is 27.8. The van der Waals surface area contributed by atoms with Crippen LogP contribution in [-0.4, -0.2) is 141 Å². The topological polar surface area (TPSA) is 377 Å². The van der Waals surface area contributed by atoms with Gasteiger partial charge in [-0.25, -0.2) is 53.1 Å². The number of halogens is 4. The van der Waals surface area contributed by atoms with E-state index in [0.717, 1.165) is 44.2 Å². The lowest BCUT2D eigenvalue weighted by molar-refractivity contribution is 0.101. The van der Waals surface area contributed by atoms with Gasteiger partial charge in [0.2, 0.25) is 40.1 Å². The Balaban J connectivity index is 0.000000120. The highest BCUT2D eigenvalue weighted by molar-refractivity contribution is 7.95. The number of sulfonamides is 4. The predicted octanol–water partition coefficient (Wildman–Crippen LogP) is 15.6. The molecule has 610 valence electrons. The molecule has 36 heteroatoms. The normalized spacial score (nSPS) is 15.0. The summed E-state index contributed by atoms with van der Waals surface area (Å²) in [7, 11) is -12.8. The van der Waals surface area contributed by atoms with Crippen LogP contribution in [0.5, 0.6) is 0 Å². The molecule has 5 aromatic heterocycles. The molecule has 19 rings (SSSR count). The van der Waals surface area contributed by atoms with Gasteiger partial charge < -0.3 is 32.0 Å². The number of carbonyl (C=O) groups excluding carboxylic acids is 4. The molecule has 4 fully saturated rings. The molecule has 10 aromatic carbocycles. The van der Waals surface area contributed by atoms with Gasteiger partial charge >= 0.3 is 0 Å². The van der Waals surface area contributed by atoms with Crippen LogP contribution in [-0.2, 0) is 40.1 Å².